The van der Waals surface area contributed by atoms with E-state index >= 15 is 0 Å². The minimum absolute atomic E-state index is 0.00484. The van der Waals surface area contributed by atoms with Gasteiger partial charge in [-0.15, -0.1) is 0 Å². The van der Waals surface area contributed by atoms with Crippen LogP contribution < -0.4 is 0 Å². The summed E-state index contributed by atoms with van der Waals surface area (Å²) >= 11 is 0. The summed E-state index contributed by atoms with van der Waals surface area (Å²) < 4.78 is 5.97. The standard InChI is InChI=1S/C20H27NO4/c1-18-9-13(23)16-15(12(18)3-4-14(18)21)11-8-20(25-17(11)24)7-10(22)5-6-19(16,20)2/h11-13,15-16,21,23H,3-9H2,1-2H3/t11?,12?,13-,15?,16?,18?,19?,20?/m1/s1. The molecule has 1 heterocycles. The van der Waals surface area contributed by atoms with Gasteiger partial charge < -0.3 is 15.3 Å². The number of Topliss-reactive ketones (excluding diaryl/α,β-unsaturated/α-hetero) is 1. The van der Waals surface area contributed by atoms with Crippen molar-refractivity contribution < 1.29 is 19.4 Å². The van der Waals surface area contributed by atoms with Crippen molar-refractivity contribution in [3.63, 3.8) is 0 Å². The van der Waals surface area contributed by atoms with Gasteiger partial charge in [0.25, 0.3) is 0 Å². The van der Waals surface area contributed by atoms with E-state index in [0.29, 0.717) is 32.1 Å². The summed E-state index contributed by atoms with van der Waals surface area (Å²) in [5.74, 6) is 0.156. The Balaban J connectivity index is 1.66. The van der Waals surface area contributed by atoms with Gasteiger partial charge in [0.2, 0.25) is 0 Å². The summed E-state index contributed by atoms with van der Waals surface area (Å²) in [6.45, 7) is 4.26. The molecule has 0 amide bonds. The fourth-order valence-corrected chi connectivity index (χ4v) is 7.67. The fraction of sp³-hybridized carbons (Fsp3) is 0.850. The number of nitrogens with one attached hydrogen (secondary N) is 1. The van der Waals surface area contributed by atoms with Crippen molar-refractivity contribution in [2.45, 2.75) is 70.5 Å². The number of ketones is 1. The minimum atomic E-state index is -0.702. The van der Waals surface area contributed by atoms with Gasteiger partial charge in [0, 0.05) is 35.8 Å². The quantitative estimate of drug-likeness (QED) is 0.660. The molecule has 5 rings (SSSR count). The molecule has 1 saturated heterocycles. The second-order valence-electron chi connectivity index (χ2n) is 9.77. The zero-order valence-corrected chi connectivity index (χ0v) is 15.0. The van der Waals surface area contributed by atoms with Crippen LogP contribution in [-0.2, 0) is 14.3 Å². The number of rotatable bonds is 0. The molecule has 0 aromatic carbocycles. The molecular formula is C20H27NO4. The number of esters is 1. The molecular weight excluding hydrogens is 318 g/mol. The molecule has 8 atom stereocenters. The third-order valence-corrected chi connectivity index (χ3v) is 8.94. The lowest BCUT2D eigenvalue weighted by Gasteiger charge is -2.62. The zero-order chi connectivity index (χ0) is 17.8. The maximum Gasteiger partial charge on any atom is 0.309 e. The lowest BCUT2D eigenvalue weighted by Crippen LogP contribution is -2.65. The predicted molar refractivity (Wildman–Crippen MR) is 90.1 cm³/mol. The summed E-state index contributed by atoms with van der Waals surface area (Å²) in [7, 11) is 0. The Hall–Kier alpha value is -1.23. The molecule has 1 aliphatic heterocycles. The van der Waals surface area contributed by atoms with Gasteiger partial charge in [0.1, 0.15) is 11.4 Å². The molecule has 2 N–H and O–H groups in total. The number of carbonyl (C=O) groups excluding carboxylic acids is 2. The van der Waals surface area contributed by atoms with Crippen LogP contribution >= 0.6 is 0 Å². The molecule has 1 spiro atoms. The van der Waals surface area contributed by atoms with Crippen molar-refractivity contribution in [2.24, 2.45) is 34.5 Å². The number of hydrogen-bond acceptors (Lipinski definition) is 5. The maximum absolute atomic E-state index is 12.8. The van der Waals surface area contributed by atoms with Gasteiger partial charge in [-0.1, -0.05) is 13.8 Å². The number of carbonyl (C=O) groups is 2. The maximum atomic E-state index is 12.8. The summed E-state index contributed by atoms with van der Waals surface area (Å²) in [6, 6.07) is 0. The van der Waals surface area contributed by atoms with Gasteiger partial charge in [-0.25, -0.2) is 0 Å². The number of hydrogen-bond donors (Lipinski definition) is 2. The van der Waals surface area contributed by atoms with Gasteiger partial charge in [0.15, 0.2) is 0 Å². The molecule has 7 unspecified atom stereocenters. The van der Waals surface area contributed by atoms with Gasteiger partial charge in [-0.05, 0) is 43.4 Å². The molecule has 4 saturated carbocycles. The average Bonchev–Trinajstić information content (AvgIpc) is 2.98. The lowest BCUT2D eigenvalue weighted by atomic mass is 9.41. The van der Waals surface area contributed by atoms with E-state index in [-0.39, 0.29) is 46.3 Å². The molecule has 136 valence electrons. The van der Waals surface area contributed by atoms with E-state index in [1.807, 2.05) is 0 Å². The molecule has 5 nitrogen and oxygen atoms in total. The van der Waals surface area contributed by atoms with Crippen molar-refractivity contribution in [1.29, 1.82) is 5.41 Å². The van der Waals surface area contributed by atoms with Crippen LogP contribution in [0, 0.1) is 39.9 Å². The number of ether oxygens (including phenoxy) is 1. The first-order valence-corrected chi connectivity index (χ1v) is 9.72. The Morgan fingerprint density at radius 3 is 2.72 bits per heavy atom. The van der Waals surface area contributed by atoms with Crippen LogP contribution in [0.1, 0.15) is 58.8 Å². The van der Waals surface area contributed by atoms with E-state index in [9.17, 15) is 14.7 Å². The van der Waals surface area contributed by atoms with E-state index in [2.05, 4.69) is 13.8 Å². The van der Waals surface area contributed by atoms with Crippen molar-refractivity contribution in [1.82, 2.24) is 0 Å². The topological polar surface area (TPSA) is 87.5 Å². The van der Waals surface area contributed by atoms with Crippen LogP contribution in [0.2, 0.25) is 0 Å². The van der Waals surface area contributed by atoms with Crippen molar-refractivity contribution >= 4 is 17.5 Å². The highest BCUT2D eigenvalue weighted by atomic mass is 16.6. The molecule has 0 radical (unpaired) electrons. The normalized spacial score (nSPS) is 56.9. The van der Waals surface area contributed by atoms with Crippen molar-refractivity contribution in [3.05, 3.63) is 0 Å². The summed E-state index contributed by atoms with van der Waals surface area (Å²) in [5.41, 5.74) is -0.585. The highest BCUT2D eigenvalue weighted by Crippen LogP contribution is 2.70. The molecule has 5 fully saturated rings. The summed E-state index contributed by atoms with van der Waals surface area (Å²) in [4.78, 5) is 25.0. The van der Waals surface area contributed by atoms with Crippen molar-refractivity contribution in [3.8, 4) is 0 Å². The molecule has 4 aliphatic carbocycles. The van der Waals surface area contributed by atoms with E-state index in [0.717, 1.165) is 18.6 Å². The third kappa shape index (κ3) is 1.67. The summed E-state index contributed by atoms with van der Waals surface area (Å²) in [6.07, 6.45) is 3.96. The van der Waals surface area contributed by atoms with Crippen LogP contribution in [0.15, 0.2) is 0 Å². The highest BCUT2D eigenvalue weighted by Gasteiger charge is 2.74. The Bertz CT molecular complexity index is 704. The van der Waals surface area contributed by atoms with Crippen molar-refractivity contribution in [2.75, 3.05) is 0 Å². The van der Waals surface area contributed by atoms with Crippen LogP contribution in [0.25, 0.3) is 0 Å². The van der Waals surface area contributed by atoms with E-state index < -0.39 is 11.7 Å². The van der Waals surface area contributed by atoms with Crippen LogP contribution in [0.5, 0.6) is 0 Å². The molecule has 0 aromatic rings. The molecule has 5 heteroatoms. The molecule has 25 heavy (non-hydrogen) atoms. The second-order valence-corrected chi connectivity index (χ2v) is 9.77. The van der Waals surface area contributed by atoms with E-state index in [4.69, 9.17) is 10.1 Å². The molecule has 2 bridgehead atoms. The minimum Gasteiger partial charge on any atom is -0.458 e. The van der Waals surface area contributed by atoms with Crippen LogP contribution in [0.4, 0.5) is 0 Å². The fourth-order valence-electron chi connectivity index (χ4n) is 7.67. The van der Waals surface area contributed by atoms with Gasteiger partial charge in [-0.2, -0.15) is 0 Å². The monoisotopic (exact) mass is 345 g/mol. The van der Waals surface area contributed by atoms with E-state index in [1.54, 1.807) is 0 Å². The molecule has 0 aromatic heterocycles. The van der Waals surface area contributed by atoms with Gasteiger partial charge in [0.05, 0.1) is 12.0 Å². The average molecular weight is 345 g/mol. The third-order valence-electron chi connectivity index (χ3n) is 8.94. The Morgan fingerprint density at radius 2 is 1.96 bits per heavy atom. The number of aliphatic hydroxyl groups is 1. The van der Waals surface area contributed by atoms with Crippen LogP contribution in [0.3, 0.4) is 0 Å². The molecule has 5 aliphatic rings. The number of fused-ring (bicyclic) bond motifs is 6. The van der Waals surface area contributed by atoms with Gasteiger partial charge >= 0.3 is 5.97 Å². The Morgan fingerprint density at radius 1 is 1.20 bits per heavy atom. The number of aliphatic hydroxyl groups excluding tert-OH is 1. The van der Waals surface area contributed by atoms with Gasteiger partial charge in [-0.3, -0.25) is 9.59 Å². The largest absolute Gasteiger partial charge is 0.458 e. The first-order valence-electron chi connectivity index (χ1n) is 9.72. The first-order chi connectivity index (χ1) is 11.7. The highest BCUT2D eigenvalue weighted by molar-refractivity contribution is 5.90. The summed E-state index contributed by atoms with van der Waals surface area (Å²) in [5, 5.41) is 19.6. The SMILES string of the molecule is CC12C[C@@H](O)C3C(C4CC5(CC(=O)CCC35C)OC4=O)C1CCC2=N. The zero-order valence-electron chi connectivity index (χ0n) is 15.0. The second kappa shape index (κ2) is 4.54. The smallest absolute Gasteiger partial charge is 0.309 e. The lowest BCUT2D eigenvalue weighted by molar-refractivity contribution is -0.208. The van der Waals surface area contributed by atoms with Crippen LogP contribution in [-0.4, -0.2) is 34.3 Å². The van der Waals surface area contributed by atoms with E-state index in [1.165, 1.54) is 0 Å². The predicted octanol–water partition coefficient (Wildman–Crippen LogP) is 2.49. The Labute approximate surface area is 148 Å². The Kier molecular flexibility index (Phi) is 2.90. The first kappa shape index (κ1) is 16.0.